The van der Waals surface area contributed by atoms with Crippen molar-refractivity contribution in [2.24, 2.45) is 11.7 Å². The maximum Gasteiger partial charge on any atom is 0.237 e. The Hall–Kier alpha value is -1.49. The van der Waals surface area contributed by atoms with Crippen LogP contribution in [-0.4, -0.2) is 11.9 Å². The maximum atomic E-state index is 13.7. The Labute approximate surface area is 105 Å². The molecule has 1 aromatic carbocycles. The van der Waals surface area contributed by atoms with Gasteiger partial charge in [0.1, 0.15) is 11.6 Å². The molecular weight excluding hydrogens is 238 g/mol. The van der Waals surface area contributed by atoms with Gasteiger partial charge in [-0.25, -0.2) is 8.78 Å². The molecule has 18 heavy (non-hydrogen) atoms. The lowest BCUT2D eigenvalue weighted by atomic mass is 9.95. The minimum absolute atomic E-state index is 0.0346. The number of carbonyl (C=O) groups is 1. The van der Waals surface area contributed by atoms with Crippen molar-refractivity contribution in [2.45, 2.75) is 32.9 Å². The van der Waals surface area contributed by atoms with E-state index in [4.69, 9.17) is 5.73 Å². The minimum Gasteiger partial charge on any atom is -0.348 e. The number of amides is 1. The lowest BCUT2D eigenvalue weighted by Crippen LogP contribution is -2.42. The first-order valence-corrected chi connectivity index (χ1v) is 5.83. The zero-order chi connectivity index (χ0) is 13.9. The number of carbonyl (C=O) groups excluding carboxylic acids is 1. The third kappa shape index (κ3) is 3.50. The predicted molar refractivity (Wildman–Crippen MR) is 65.7 cm³/mol. The van der Waals surface area contributed by atoms with Crippen LogP contribution in [0.25, 0.3) is 0 Å². The molecule has 5 heteroatoms. The summed E-state index contributed by atoms with van der Waals surface area (Å²) >= 11 is 0. The fourth-order valence-corrected chi connectivity index (χ4v) is 1.64. The fraction of sp³-hybridized carbons (Fsp3) is 0.462. The molecule has 1 aromatic rings. The highest BCUT2D eigenvalue weighted by Crippen LogP contribution is 2.24. The smallest absolute Gasteiger partial charge is 0.237 e. The van der Waals surface area contributed by atoms with Crippen LogP contribution in [0.3, 0.4) is 0 Å². The van der Waals surface area contributed by atoms with Crippen LogP contribution in [0.15, 0.2) is 18.2 Å². The van der Waals surface area contributed by atoms with Gasteiger partial charge < -0.3 is 11.1 Å². The maximum absolute atomic E-state index is 13.7. The van der Waals surface area contributed by atoms with Crippen molar-refractivity contribution in [3.63, 3.8) is 0 Å². The zero-order valence-corrected chi connectivity index (χ0v) is 10.7. The Morgan fingerprint density at radius 3 is 2.33 bits per heavy atom. The van der Waals surface area contributed by atoms with Gasteiger partial charge in [-0.15, -0.1) is 0 Å². The first-order valence-electron chi connectivity index (χ1n) is 5.83. The van der Waals surface area contributed by atoms with Crippen LogP contribution in [-0.2, 0) is 4.79 Å². The molecule has 0 spiro atoms. The molecule has 0 aliphatic heterocycles. The van der Waals surface area contributed by atoms with Crippen molar-refractivity contribution in [1.29, 1.82) is 0 Å². The Morgan fingerprint density at radius 2 is 1.89 bits per heavy atom. The topological polar surface area (TPSA) is 55.1 Å². The molecule has 100 valence electrons. The number of benzene rings is 1. The van der Waals surface area contributed by atoms with Gasteiger partial charge in [-0.1, -0.05) is 19.9 Å². The average Bonchev–Trinajstić information content (AvgIpc) is 2.26. The molecule has 0 saturated heterocycles. The van der Waals surface area contributed by atoms with Gasteiger partial charge in [0.15, 0.2) is 0 Å². The predicted octanol–water partition coefficient (Wildman–Crippen LogP) is 2.13. The van der Waals surface area contributed by atoms with Crippen molar-refractivity contribution in [2.75, 3.05) is 0 Å². The first-order chi connectivity index (χ1) is 8.32. The second kappa shape index (κ2) is 5.91. The monoisotopic (exact) mass is 256 g/mol. The summed E-state index contributed by atoms with van der Waals surface area (Å²) in [6.07, 6.45) is 0. The van der Waals surface area contributed by atoms with E-state index in [1.807, 2.05) is 13.8 Å². The van der Waals surface area contributed by atoms with Gasteiger partial charge >= 0.3 is 0 Å². The van der Waals surface area contributed by atoms with Crippen LogP contribution in [0.2, 0.25) is 0 Å². The van der Waals surface area contributed by atoms with Crippen molar-refractivity contribution in [3.05, 3.63) is 35.4 Å². The van der Waals surface area contributed by atoms with Gasteiger partial charge in [-0.05, 0) is 18.9 Å². The van der Waals surface area contributed by atoms with Gasteiger partial charge in [-0.2, -0.15) is 0 Å². The summed E-state index contributed by atoms with van der Waals surface area (Å²) < 4.78 is 26.5. The van der Waals surface area contributed by atoms with Crippen molar-refractivity contribution in [1.82, 2.24) is 5.32 Å². The molecular formula is C13H18F2N2O. The molecule has 1 rings (SSSR count). The lowest BCUT2D eigenvalue weighted by molar-refractivity contribution is -0.123. The summed E-state index contributed by atoms with van der Waals surface area (Å²) in [5, 5.41) is 2.67. The highest BCUT2D eigenvalue weighted by atomic mass is 19.1. The van der Waals surface area contributed by atoms with E-state index in [2.05, 4.69) is 5.32 Å². The van der Waals surface area contributed by atoms with E-state index >= 15 is 0 Å². The molecule has 2 atom stereocenters. The summed E-state index contributed by atoms with van der Waals surface area (Å²) in [7, 11) is 0. The van der Waals surface area contributed by atoms with E-state index in [1.54, 1.807) is 6.92 Å². The van der Waals surface area contributed by atoms with Crippen molar-refractivity contribution >= 4 is 5.91 Å². The Bertz CT molecular complexity index is 433. The van der Waals surface area contributed by atoms with Crippen LogP contribution >= 0.6 is 0 Å². The average molecular weight is 256 g/mol. The molecule has 0 radical (unpaired) electrons. The van der Waals surface area contributed by atoms with Crippen LogP contribution in [0.4, 0.5) is 8.78 Å². The molecule has 1 amide bonds. The van der Waals surface area contributed by atoms with Crippen LogP contribution in [0.1, 0.15) is 32.4 Å². The second-order valence-corrected chi connectivity index (χ2v) is 4.68. The second-order valence-electron chi connectivity index (χ2n) is 4.68. The molecule has 0 saturated carbocycles. The molecule has 0 aliphatic carbocycles. The van der Waals surface area contributed by atoms with E-state index in [9.17, 15) is 13.6 Å². The van der Waals surface area contributed by atoms with E-state index in [-0.39, 0.29) is 17.4 Å². The van der Waals surface area contributed by atoms with Crippen molar-refractivity contribution in [3.8, 4) is 0 Å². The van der Waals surface area contributed by atoms with Gasteiger partial charge in [-0.3, -0.25) is 4.79 Å². The molecule has 3 nitrogen and oxygen atoms in total. The lowest BCUT2D eigenvalue weighted by Gasteiger charge is -2.24. The minimum atomic E-state index is -0.672. The molecule has 0 fully saturated rings. The highest BCUT2D eigenvalue weighted by molar-refractivity contribution is 5.81. The standard InChI is InChI=1S/C13H18F2N2O/c1-7(2)12(17-13(18)8(3)16)10-5-4-9(14)6-11(10)15/h4-8,12H,16H2,1-3H3,(H,17,18)/t8-,12?/m1/s1. The third-order valence-corrected chi connectivity index (χ3v) is 2.68. The quantitative estimate of drug-likeness (QED) is 0.867. The summed E-state index contributed by atoms with van der Waals surface area (Å²) in [4.78, 5) is 11.6. The van der Waals surface area contributed by atoms with Gasteiger partial charge in [0.2, 0.25) is 5.91 Å². The van der Waals surface area contributed by atoms with E-state index in [0.717, 1.165) is 6.07 Å². The van der Waals surface area contributed by atoms with Gasteiger partial charge in [0.05, 0.1) is 12.1 Å². The SMILES string of the molecule is CC(C)C(NC(=O)[C@@H](C)N)c1ccc(F)cc1F. The highest BCUT2D eigenvalue weighted by Gasteiger charge is 2.22. The Balaban J connectivity index is 3.01. The number of rotatable bonds is 4. The van der Waals surface area contributed by atoms with Crippen molar-refractivity contribution < 1.29 is 13.6 Å². The molecule has 0 bridgehead atoms. The fourth-order valence-electron chi connectivity index (χ4n) is 1.64. The Kier molecular flexibility index (Phi) is 4.78. The molecule has 0 heterocycles. The molecule has 0 aliphatic rings. The van der Waals surface area contributed by atoms with Crippen LogP contribution < -0.4 is 11.1 Å². The number of halogens is 2. The van der Waals surface area contributed by atoms with E-state index in [0.29, 0.717) is 0 Å². The molecule has 3 N–H and O–H groups in total. The number of hydrogen-bond donors (Lipinski definition) is 2. The van der Waals surface area contributed by atoms with Crippen LogP contribution in [0, 0.1) is 17.6 Å². The normalized spacial score (nSPS) is 14.4. The molecule has 1 unspecified atom stereocenters. The van der Waals surface area contributed by atoms with Crippen LogP contribution in [0.5, 0.6) is 0 Å². The number of nitrogens with one attached hydrogen (secondary N) is 1. The largest absolute Gasteiger partial charge is 0.348 e. The molecule has 0 aromatic heterocycles. The van der Waals surface area contributed by atoms with Gasteiger partial charge in [0.25, 0.3) is 0 Å². The van der Waals surface area contributed by atoms with E-state index in [1.165, 1.54) is 12.1 Å². The summed E-state index contributed by atoms with van der Waals surface area (Å²) in [6, 6.07) is 2.13. The summed E-state index contributed by atoms with van der Waals surface area (Å²) in [6.45, 7) is 5.23. The summed E-state index contributed by atoms with van der Waals surface area (Å²) in [5.74, 6) is -1.71. The summed E-state index contributed by atoms with van der Waals surface area (Å²) in [5.41, 5.74) is 5.72. The third-order valence-electron chi connectivity index (χ3n) is 2.68. The van der Waals surface area contributed by atoms with Gasteiger partial charge in [0, 0.05) is 11.6 Å². The first kappa shape index (κ1) is 14.6. The van der Waals surface area contributed by atoms with E-state index < -0.39 is 23.7 Å². The Morgan fingerprint density at radius 1 is 1.28 bits per heavy atom. The number of nitrogens with two attached hydrogens (primary N) is 1. The zero-order valence-electron chi connectivity index (χ0n) is 10.7. The number of hydrogen-bond acceptors (Lipinski definition) is 2.